The fourth-order valence-corrected chi connectivity index (χ4v) is 3.23. The molecule has 2 aromatic rings. The summed E-state index contributed by atoms with van der Waals surface area (Å²) in [6, 6.07) is 11.4. The summed E-state index contributed by atoms with van der Waals surface area (Å²) in [4.78, 5) is 36.6. The van der Waals surface area contributed by atoms with Crippen molar-refractivity contribution in [2.24, 2.45) is 5.92 Å². The number of carbonyl (C=O) groups is 2. The zero-order valence-electron chi connectivity index (χ0n) is 14.6. The summed E-state index contributed by atoms with van der Waals surface area (Å²) in [5.41, 5.74) is 1.79. The second-order valence-corrected chi connectivity index (χ2v) is 6.95. The van der Waals surface area contributed by atoms with Crippen molar-refractivity contribution in [1.29, 1.82) is 0 Å². The summed E-state index contributed by atoms with van der Waals surface area (Å²) < 4.78 is 0. The van der Waals surface area contributed by atoms with Crippen LogP contribution in [0, 0.1) is 23.0 Å². The van der Waals surface area contributed by atoms with Crippen LogP contribution in [0.5, 0.6) is 0 Å². The van der Waals surface area contributed by atoms with Crippen molar-refractivity contribution in [2.45, 2.75) is 13.3 Å². The SMILES string of the molecule is Cc1ccc(N2CC(CNC(=O)c3cc([N+](=O)[O-])ccc3Cl)CC2=O)cc1. The molecule has 1 aliphatic heterocycles. The monoisotopic (exact) mass is 387 g/mol. The molecule has 2 amide bonds. The van der Waals surface area contributed by atoms with E-state index in [1.807, 2.05) is 31.2 Å². The molecule has 8 heteroatoms. The molecule has 1 fully saturated rings. The first kappa shape index (κ1) is 18.8. The highest BCUT2D eigenvalue weighted by molar-refractivity contribution is 6.33. The van der Waals surface area contributed by atoms with Crippen LogP contribution >= 0.6 is 11.6 Å². The largest absolute Gasteiger partial charge is 0.352 e. The maximum absolute atomic E-state index is 12.4. The summed E-state index contributed by atoms with van der Waals surface area (Å²) in [6.45, 7) is 2.77. The maximum atomic E-state index is 12.4. The third kappa shape index (κ3) is 4.25. The van der Waals surface area contributed by atoms with Crippen molar-refractivity contribution in [2.75, 3.05) is 18.0 Å². The normalized spacial score (nSPS) is 16.4. The Bertz CT molecular complexity index is 898. The van der Waals surface area contributed by atoms with E-state index in [2.05, 4.69) is 5.32 Å². The summed E-state index contributed by atoms with van der Waals surface area (Å²) in [5.74, 6) is -0.531. The van der Waals surface area contributed by atoms with Gasteiger partial charge in [0.25, 0.3) is 11.6 Å². The molecule has 0 bridgehead atoms. The zero-order valence-corrected chi connectivity index (χ0v) is 15.4. The van der Waals surface area contributed by atoms with Crippen LogP contribution in [-0.4, -0.2) is 29.8 Å². The minimum absolute atomic E-state index is 0.00600. The minimum atomic E-state index is -0.581. The van der Waals surface area contributed by atoms with E-state index in [9.17, 15) is 19.7 Å². The predicted molar refractivity (Wildman–Crippen MR) is 102 cm³/mol. The van der Waals surface area contributed by atoms with Crippen LogP contribution in [0.15, 0.2) is 42.5 Å². The van der Waals surface area contributed by atoms with Crippen LogP contribution in [0.2, 0.25) is 5.02 Å². The Hall–Kier alpha value is -2.93. The van der Waals surface area contributed by atoms with Gasteiger partial charge in [-0.3, -0.25) is 19.7 Å². The van der Waals surface area contributed by atoms with E-state index in [1.54, 1.807) is 4.90 Å². The van der Waals surface area contributed by atoms with Gasteiger partial charge in [0.1, 0.15) is 0 Å². The molecule has 1 N–H and O–H groups in total. The summed E-state index contributed by atoms with van der Waals surface area (Å²) in [7, 11) is 0. The van der Waals surface area contributed by atoms with Crippen LogP contribution in [-0.2, 0) is 4.79 Å². The predicted octanol–water partition coefficient (Wildman–Crippen LogP) is 3.34. The standard InChI is InChI=1S/C19H18ClN3O4/c1-12-2-4-14(5-3-12)22-11-13(8-18(22)24)10-21-19(25)16-9-15(23(26)27)6-7-17(16)20/h2-7,9,13H,8,10-11H2,1H3,(H,21,25). The molecular formula is C19H18ClN3O4. The minimum Gasteiger partial charge on any atom is -0.352 e. The lowest BCUT2D eigenvalue weighted by Crippen LogP contribution is -2.31. The van der Waals surface area contributed by atoms with Gasteiger partial charge in [-0.15, -0.1) is 0 Å². The van der Waals surface area contributed by atoms with Gasteiger partial charge in [0.05, 0.1) is 15.5 Å². The molecule has 0 aromatic heterocycles. The summed E-state index contributed by atoms with van der Waals surface area (Å²) in [6.07, 6.45) is 0.330. The fourth-order valence-electron chi connectivity index (χ4n) is 3.03. The number of amides is 2. The Morgan fingerprint density at radius 1 is 1.30 bits per heavy atom. The van der Waals surface area contributed by atoms with E-state index in [1.165, 1.54) is 12.1 Å². The van der Waals surface area contributed by atoms with Crippen LogP contribution in [0.1, 0.15) is 22.3 Å². The molecule has 1 atom stereocenters. The van der Waals surface area contributed by atoms with Gasteiger partial charge in [-0.2, -0.15) is 0 Å². The van der Waals surface area contributed by atoms with Gasteiger partial charge in [0.15, 0.2) is 0 Å². The van der Waals surface area contributed by atoms with Gasteiger partial charge >= 0.3 is 0 Å². The number of hydrogen-bond donors (Lipinski definition) is 1. The topological polar surface area (TPSA) is 92.6 Å². The van der Waals surface area contributed by atoms with Crippen LogP contribution in [0.3, 0.4) is 0 Å². The molecule has 7 nitrogen and oxygen atoms in total. The number of benzene rings is 2. The molecule has 0 saturated carbocycles. The number of halogens is 1. The highest BCUT2D eigenvalue weighted by Gasteiger charge is 2.31. The molecule has 27 heavy (non-hydrogen) atoms. The number of rotatable bonds is 5. The Labute approximate surface area is 161 Å². The highest BCUT2D eigenvalue weighted by Crippen LogP contribution is 2.26. The average molecular weight is 388 g/mol. The van der Waals surface area contributed by atoms with Crippen LogP contribution < -0.4 is 10.2 Å². The highest BCUT2D eigenvalue weighted by atomic mass is 35.5. The van der Waals surface area contributed by atoms with Crippen molar-refractivity contribution in [3.05, 3.63) is 68.7 Å². The molecule has 1 heterocycles. The van der Waals surface area contributed by atoms with E-state index in [4.69, 9.17) is 11.6 Å². The van der Waals surface area contributed by atoms with Gasteiger partial charge in [-0.05, 0) is 25.1 Å². The van der Waals surface area contributed by atoms with E-state index in [0.29, 0.717) is 13.0 Å². The van der Waals surface area contributed by atoms with E-state index >= 15 is 0 Å². The average Bonchev–Trinajstić information content (AvgIpc) is 3.01. The Balaban J connectivity index is 1.63. The first-order valence-corrected chi connectivity index (χ1v) is 8.82. The number of nitrogens with one attached hydrogen (secondary N) is 1. The second-order valence-electron chi connectivity index (χ2n) is 6.54. The molecule has 0 aliphatic carbocycles. The van der Waals surface area contributed by atoms with Crippen molar-refractivity contribution < 1.29 is 14.5 Å². The molecule has 1 unspecified atom stereocenters. The molecular weight excluding hydrogens is 370 g/mol. The second kappa shape index (κ2) is 7.75. The summed E-state index contributed by atoms with van der Waals surface area (Å²) >= 11 is 5.98. The van der Waals surface area contributed by atoms with Gasteiger partial charge in [-0.1, -0.05) is 29.3 Å². The summed E-state index contributed by atoms with van der Waals surface area (Å²) in [5, 5.41) is 13.7. The lowest BCUT2D eigenvalue weighted by atomic mass is 10.1. The van der Waals surface area contributed by atoms with E-state index in [-0.39, 0.29) is 34.6 Å². The number of hydrogen-bond acceptors (Lipinski definition) is 4. The van der Waals surface area contributed by atoms with E-state index < -0.39 is 10.8 Å². The number of carbonyl (C=O) groups excluding carboxylic acids is 2. The molecule has 0 spiro atoms. The quantitative estimate of drug-likeness (QED) is 0.629. The molecule has 0 radical (unpaired) electrons. The first-order chi connectivity index (χ1) is 12.8. The first-order valence-electron chi connectivity index (χ1n) is 8.44. The number of nitro benzene ring substituents is 1. The van der Waals surface area contributed by atoms with Crippen LogP contribution in [0.25, 0.3) is 0 Å². The van der Waals surface area contributed by atoms with Gasteiger partial charge in [-0.25, -0.2) is 0 Å². The number of aryl methyl sites for hydroxylation is 1. The third-order valence-corrected chi connectivity index (χ3v) is 4.84. The van der Waals surface area contributed by atoms with Crippen molar-refractivity contribution in [1.82, 2.24) is 5.32 Å². The number of nitro groups is 1. The lowest BCUT2D eigenvalue weighted by Gasteiger charge is -2.17. The molecule has 1 saturated heterocycles. The van der Waals surface area contributed by atoms with Crippen LogP contribution in [0.4, 0.5) is 11.4 Å². The van der Waals surface area contributed by atoms with Crippen molar-refractivity contribution >= 4 is 34.8 Å². The Morgan fingerprint density at radius 2 is 2.00 bits per heavy atom. The number of anilines is 1. The van der Waals surface area contributed by atoms with Gasteiger partial charge < -0.3 is 10.2 Å². The Morgan fingerprint density at radius 3 is 2.67 bits per heavy atom. The number of non-ortho nitro benzene ring substituents is 1. The molecule has 3 rings (SSSR count). The molecule has 1 aliphatic rings. The molecule has 2 aromatic carbocycles. The van der Waals surface area contributed by atoms with Crippen molar-refractivity contribution in [3.63, 3.8) is 0 Å². The maximum Gasteiger partial charge on any atom is 0.270 e. The van der Waals surface area contributed by atoms with Gasteiger partial charge in [0, 0.05) is 43.2 Å². The zero-order chi connectivity index (χ0) is 19.6. The smallest absolute Gasteiger partial charge is 0.270 e. The number of nitrogens with zero attached hydrogens (tertiary/aromatic N) is 2. The van der Waals surface area contributed by atoms with Gasteiger partial charge in [0.2, 0.25) is 5.91 Å². The van der Waals surface area contributed by atoms with Crippen molar-refractivity contribution in [3.8, 4) is 0 Å². The third-order valence-electron chi connectivity index (χ3n) is 4.51. The fraction of sp³-hybridized carbons (Fsp3) is 0.263. The van der Waals surface area contributed by atoms with E-state index in [0.717, 1.165) is 17.3 Å². The lowest BCUT2D eigenvalue weighted by molar-refractivity contribution is -0.384. The molecule has 140 valence electrons. The Kier molecular flexibility index (Phi) is 5.41.